The van der Waals surface area contributed by atoms with Crippen molar-refractivity contribution in [1.29, 1.82) is 0 Å². The molecule has 0 atom stereocenters. The largest absolute Gasteiger partial charge is 0.340 e. The number of carbonyl (C=O) groups excluding carboxylic acids is 1. The summed E-state index contributed by atoms with van der Waals surface area (Å²) in [5.74, 6) is -0.269. The highest BCUT2D eigenvalue weighted by Gasteiger charge is 2.16. The maximum atomic E-state index is 10.9. The van der Waals surface area contributed by atoms with Gasteiger partial charge in [-0.2, -0.15) is 0 Å². The third-order valence-electron chi connectivity index (χ3n) is 3.00. The molecule has 0 aliphatic carbocycles. The summed E-state index contributed by atoms with van der Waals surface area (Å²) in [5.41, 5.74) is 3.86. The lowest BCUT2D eigenvalue weighted by atomic mass is 10.1. The van der Waals surface area contributed by atoms with Crippen LogP contribution in [-0.2, 0) is 23.1 Å². The molecule has 6 heteroatoms. The van der Waals surface area contributed by atoms with Crippen LogP contribution >= 0.6 is 0 Å². The highest BCUT2D eigenvalue weighted by Crippen LogP contribution is 2.15. The predicted molar refractivity (Wildman–Crippen MR) is 65.0 cm³/mol. The fourth-order valence-electron chi connectivity index (χ4n) is 2.01. The van der Waals surface area contributed by atoms with Gasteiger partial charge >= 0.3 is 5.97 Å². The van der Waals surface area contributed by atoms with Gasteiger partial charge in [0.15, 0.2) is 0 Å². The number of carbonyl (C=O) groups is 1. The zero-order chi connectivity index (χ0) is 12.5. The van der Waals surface area contributed by atoms with E-state index in [2.05, 4.69) is 20.3 Å². The quantitative estimate of drug-likeness (QED) is 0.761. The molecule has 1 aliphatic rings. The molecule has 0 bridgehead atoms. The van der Waals surface area contributed by atoms with E-state index in [1.54, 1.807) is 4.68 Å². The molecule has 3 rings (SSSR count). The van der Waals surface area contributed by atoms with Crippen molar-refractivity contribution >= 4 is 22.7 Å². The maximum absolute atomic E-state index is 10.9. The standard InChI is InChI=1S/C12H12N4O2/c1-16-11-5-3-8(6-10(11)13-15-16)2-4-9-7-12(17)18-14-9/h3,5-6H,2,4,7H2,1H3. The molecule has 0 spiro atoms. The molecule has 0 unspecified atom stereocenters. The molecule has 92 valence electrons. The van der Waals surface area contributed by atoms with Gasteiger partial charge in [-0.15, -0.1) is 5.10 Å². The summed E-state index contributed by atoms with van der Waals surface area (Å²) in [6.07, 6.45) is 1.87. The molecule has 0 amide bonds. The molecule has 0 saturated carbocycles. The van der Waals surface area contributed by atoms with E-state index in [4.69, 9.17) is 0 Å². The monoisotopic (exact) mass is 244 g/mol. The number of rotatable bonds is 3. The van der Waals surface area contributed by atoms with Gasteiger partial charge in [0.2, 0.25) is 0 Å². The molecular formula is C12H12N4O2. The van der Waals surface area contributed by atoms with Gasteiger partial charge < -0.3 is 4.84 Å². The Morgan fingerprint density at radius 1 is 1.39 bits per heavy atom. The smallest absolute Gasteiger partial charge is 0.318 e. The minimum Gasteiger partial charge on any atom is -0.318 e. The van der Waals surface area contributed by atoms with Crippen molar-refractivity contribution in [3.8, 4) is 0 Å². The molecule has 0 fully saturated rings. The highest BCUT2D eigenvalue weighted by atomic mass is 16.7. The normalized spacial score (nSPS) is 14.9. The van der Waals surface area contributed by atoms with Crippen LogP contribution in [-0.4, -0.2) is 26.7 Å². The van der Waals surface area contributed by atoms with Crippen molar-refractivity contribution < 1.29 is 9.63 Å². The fourth-order valence-corrected chi connectivity index (χ4v) is 2.01. The van der Waals surface area contributed by atoms with E-state index in [0.717, 1.165) is 35.2 Å². The van der Waals surface area contributed by atoms with Gasteiger partial charge in [-0.3, -0.25) is 0 Å². The molecule has 0 radical (unpaired) electrons. The van der Waals surface area contributed by atoms with E-state index in [-0.39, 0.29) is 5.97 Å². The Bertz CT molecular complexity index is 645. The Morgan fingerprint density at radius 2 is 2.28 bits per heavy atom. The Kier molecular flexibility index (Phi) is 2.55. The molecule has 1 aromatic carbocycles. The average Bonchev–Trinajstić information content (AvgIpc) is 2.94. The third kappa shape index (κ3) is 1.97. The van der Waals surface area contributed by atoms with Crippen molar-refractivity contribution in [3.63, 3.8) is 0 Å². The summed E-state index contributed by atoms with van der Waals surface area (Å²) in [6, 6.07) is 6.06. The lowest BCUT2D eigenvalue weighted by molar-refractivity contribution is -0.140. The van der Waals surface area contributed by atoms with Gasteiger partial charge in [-0.1, -0.05) is 16.4 Å². The van der Waals surface area contributed by atoms with E-state index in [0.29, 0.717) is 6.42 Å². The Balaban J connectivity index is 1.73. The van der Waals surface area contributed by atoms with Crippen molar-refractivity contribution in [2.24, 2.45) is 12.2 Å². The van der Waals surface area contributed by atoms with Crippen LogP contribution in [0.25, 0.3) is 11.0 Å². The summed E-state index contributed by atoms with van der Waals surface area (Å²) in [4.78, 5) is 15.4. The second-order valence-electron chi connectivity index (χ2n) is 4.33. The van der Waals surface area contributed by atoms with Crippen LogP contribution in [0, 0.1) is 0 Å². The number of hydrogen-bond donors (Lipinski definition) is 0. The number of benzene rings is 1. The number of nitrogens with zero attached hydrogens (tertiary/aromatic N) is 4. The first-order valence-corrected chi connectivity index (χ1v) is 5.76. The summed E-state index contributed by atoms with van der Waals surface area (Å²) >= 11 is 0. The first-order chi connectivity index (χ1) is 8.72. The number of oxime groups is 1. The topological polar surface area (TPSA) is 69.4 Å². The van der Waals surface area contributed by atoms with Crippen molar-refractivity contribution in [3.05, 3.63) is 23.8 Å². The van der Waals surface area contributed by atoms with Crippen LogP contribution in [0.15, 0.2) is 23.4 Å². The van der Waals surface area contributed by atoms with E-state index in [1.165, 1.54) is 0 Å². The molecule has 1 aliphatic heterocycles. The van der Waals surface area contributed by atoms with E-state index < -0.39 is 0 Å². The van der Waals surface area contributed by atoms with Gasteiger partial charge in [-0.25, -0.2) is 9.48 Å². The molecule has 2 aromatic rings. The number of aromatic nitrogens is 3. The van der Waals surface area contributed by atoms with Gasteiger partial charge in [0.25, 0.3) is 0 Å². The third-order valence-corrected chi connectivity index (χ3v) is 3.00. The molecule has 6 nitrogen and oxygen atoms in total. The lowest BCUT2D eigenvalue weighted by Gasteiger charge is -2.00. The Morgan fingerprint density at radius 3 is 3.06 bits per heavy atom. The van der Waals surface area contributed by atoms with Crippen molar-refractivity contribution in [2.75, 3.05) is 0 Å². The summed E-state index contributed by atoms with van der Waals surface area (Å²) in [7, 11) is 1.87. The first-order valence-electron chi connectivity index (χ1n) is 5.76. The zero-order valence-electron chi connectivity index (χ0n) is 9.96. The second kappa shape index (κ2) is 4.21. The molecule has 18 heavy (non-hydrogen) atoms. The second-order valence-corrected chi connectivity index (χ2v) is 4.33. The van der Waals surface area contributed by atoms with Crippen LogP contribution in [0.3, 0.4) is 0 Å². The van der Waals surface area contributed by atoms with E-state index >= 15 is 0 Å². The van der Waals surface area contributed by atoms with Crippen LogP contribution < -0.4 is 0 Å². The van der Waals surface area contributed by atoms with Crippen LogP contribution in [0.1, 0.15) is 18.4 Å². The van der Waals surface area contributed by atoms with E-state index in [1.807, 2.05) is 25.2 Å². The number of fused-ring (bicyclic) bond motifs is 1. The van der Waals surface area contributed by atoms with E-state index in [9.17, 15) is 4.79 Å². The molecule has 0 saturated heterocycles. The Hall–Kier alpha value is -2.24. The van der Waals surface area contributed by atoms with Crippen LogP contribution in [0.4, 0.5) is 0 Å². The number of hydrogen-bond acceptors (Lipinski definition) is 5. The predicted octanol–water partition coefficient (Wildman–Crippen LogP) is 1.20. The first kappa shape index (κ1) is 10.9. The van der Waals surface area contributed by atoms with Gasteiger partial charge in [0.1, 0.15) is 5.52 Å². The highest BCUT2D eigenvalue weighted by molar-refractivity contribution is 6.01. The average molecular weight is 244 g/mol. The molecule has 1 aromatic heterocycles. The zero-order valence-corrected chi connectivity index (χ0v) is 9.96. The van der Waals surface area contributed by atoms with Gasteiger partial charge in [0, 0.05) is 7.05 Å². The van der Waals surface area contributed by atoms with Crippen LogP contribution in [0.2, 0.25) is 0 Å². The molecule has 0 N–H and O–H groups in total. The van der Waals surface area contributed by atoms with Gasteiger partial charge in [-0.05, 0) is 30.5 Å². The maximum Gasteiger partial charge on any atom is 0.340 e. The van der Waals surface area contributed by atoms with Crippen LogP contribution in [0.5, 0.6) is 0 Å². The lowest BCUT2D eigenvalue weighted by Crippen LogP contribution is -2.00. The minimum atomic E-state index is -0.269. The van der Waals surface area contributed by atoms with Gasteiger partial charge in [0.05, 0.1) is 17.6 Å². The SMILES string of the molecule is Cn1nnc2cc(CCC3=NOC(=O)C3)ccc21. The summed E-state index contributed by atoms with van der Waals surface area (Å²) in [6.45, 7) is 0. The van der Waals surface area contributed by atoms with Crippen molar-refractivity contribution in [1.82, 2.24) is 15.0 Å². The fraction of sp³-hybridized carbons (Fsp3) is 0.333. The minimum absolute atomic E-state index is 0.269. The van der Waals surface area contributed by atoms with Crippen molar-refractivity contribution in [2.45, 2.75) is 19.3 Å². The summed E-state index contributed by atoms with van der Waals surface area (Å²) < 4.78 is 1.74. The number of aryl methyl sites for hydroxylation is 2. The Labute approximate surface area is 103 Å². The summed E-state index contributed by atoms with van der Waals surface area (Å²) in [5, 5.41) is 11.8. The molecule has 2 heterocycles. The molecular weight excluding hydrogens is 232 g/mol.